The van der Waals surface area contributed by atoms with Gasteiger partial charge < -0.3 is 21.9 Å². The lowest BCUT2D eigenvalue weighted by atomic mass is 9.80. The summed E-state index contributed by atoms with van der Waals surface area (Å²) < 4.78 is 49.1. The highest BCUT2D eigenvalue weighted by Gasteiger charge is 2.38. The van der Waals surface area contributed by atoms with Crippen LogP contribution >= 0.6 is 0 Å². The molecule has 184 valence electrons. The summed E-state index contributed by atoms with van der Waals surface area (Å²) in [4.78, 5) is 17.6. The Morgan fingerprint density at radius 1 is 1.26 bits per heavy atom. The quantitative estimate of drug-likeness (QED) is 0.248. The smallest absolute Gasteiger partial charge is 0.390 e. The summed E-state index contributed by atoms with van der Waals surface area (Å²) in [5, 5.41) is 22.1. The largest absolute Gasteiger partial charge is 0.475 e. The maximum atomic E-state index is 12.6. The third-order valence-electron chi connectivity index (χ3n) is 5.89. The van der Waals surface area contributed by atoms with Gasteiger partial charge in [0, 0.05) is 36.3 Å². The predicted octanol–water partition coefficient (Wildman–Crippen LogP) is 0.999. The first-order chi connectivity index (χ1) is 16.0. The number of carbonyl (C=O) groups excluding carboxylic acids is 1. The van der Waals surface area contributed by atoms with E-state index < -0.39 is 27.1 Å². The molecule has 13 heteroatoms. The lowest BCUT2D eigenvalue weighted by molar-refractivity contribution is -0.114. The molecule has 1 amide bonds. The molecular weight excluding hydrogens is 473 g/mol. The van der Waals surface area contributed by atoms with Crippen LogP contribution in [0.25, 0.3) is 0 Å². The fourth-order valence-electron chi connectivity index (χ4n) is 4.05. The van der Waals surface area contributed by atoms with Gasteiger partial charge >= 0.3 is 5.51 Å². The summed E-state index contributed by atoms with van der Waals surface area (Å²) in [5.41, 5.74) is 6.44. The number of β-amino-alcohol motifs (C(OH)–C–C–N with tert-alkyl or cyclic N) is 1. The van der Waals surface area contributed by atoms with E-state index in [-0.39, 0.29) is 41.2 Å². The molecule has 2 unspecified atom stereocenters. The molecule has 2 fully saturated rings. The number of hydrogen-bond donors (Lipinski definition) is 4. The molecule has 1 aromatic rings. The first-order valence-corrected chi connectivity index (χ1v) is 11.7. The van der Waals surface area contributed by atoms with Crippen molar-refractivity contribution in [3.05, 3.63) is 36.0 Å². The van der Waals surface area contributed by atoms with Crippen molar-refractivity contribution in [2.45, 2.75) is 47.9 Å². The third-order valence-corrected chi connectivity index (χ3v) is 7.01. The van der Waals surface area contributed by atoms with E-state index >= 15 is 0 Å². The topological polar surface area (TPSA) is 158 Å². The first kappa shape index (κ1) is 25.7. The number of aliphatic hydroxyl groups excluding tert-OH is 1. The fraction of sp³-hybridized carbons (Fsp3) is 0.476. The molecule has 0 radical (unpaired) electrons. The maximum Gasteiger partial charge on any atom is 0.475 e. The van der Waals surface area contributed by atoms with Gasteiger partial charge in [-0.3, -0.25) is 9.69 Å². The van der Waals surface area contributed by atoms with Crippen LogP contribution in [0, 0.1) is 17.2 Å². The van der Waals surface area contributed by atoms with Gasteiger partial charge in [0.25, 0.3) is 5.91 Å². The van der Waals surface area contributed by atoms with Crippen LogP contribution in [0.3, 0.4) is 0 Å². The minimum absolute atomic E-state index is 0.139. The minimum atomic E-state index is -4.88. The summed E-state index contributed by atoms with van der Waals surface area (Å²) in [7, 11) is -3.17. The van der Waals surface area contributed by atoms with Crippen molar-refractivity contribution in [1.82, 2.24) is 10.2 Å². The lowest BCUT2D eigenvalue weighted by Gasteiger charge is -2.45. The number of aliphatic hydroxyl groups is 1. The number of nitrogens with zero attached hydrogens (tertiary/aromatic N) is 3. The third kappa shape index (κ3) is 6.13. The molecule has 1 aliphatic carbocycles. The fourth-order valence-corrected chi connectivity index (χ4v) is 4.70. The zero-order chi connectivity index (χ0) is 25.0. The highest BCUT2D eigenvalue weighted by molar-refractivity contribution is 7.86. The van der Waals surface area contributed by atoms with Crippen LogP contribution in [0.4, 0.5) is 18.9 Å². The Balaban J connectivity index is 1.68. The standard InChI is InChI=1S/C21H25F3N6O3S/c22-21(23,24)34(33)16-4-1-13(2-5-16)29-19(26)17(20(27)32)9-28-18-6-3-14(7-12(18)8-25)30-10-15(31)11-30/h1-2,4-5,9,12,14-15,18,28,31H,3,6-7,10-11H2,(H2,26,29)(H2,27,32)/b17-9+/t12?,14-,18+,34?/m1/s1. The Bertz CT molecular complexity index is 1030. The van der Waals surface area contributed by atoms with E-state index in [4.69, 9.17) is 11.5 Å². The van der Waals surface area contributed by atoms with Crippen molar-refractivity contribution in [3.63, 3.8) is 0 Å². The van der Waals surface area contributed by atoms with Crippen LogP contribution in [0.5, 0.6) is 0 Å². The number of nitriles is 1. The van der Waals surface area contributed by atoms with Crippen molar-refractivity contribution in [2.24, 2.45) is 22.4 Å². The lowest BCUT2D eigenvalue weighted by Crippen LogP contribution is -2.57. The number of nitrogens with two attached hydrogens (primary N) is 2. The molecule has 1 heterocycles. The number of amides is 1. The van der Waals surface area contributed by atoms with Crippen LogP contribution < -0.4 is 16.8 Å². The highest BCUT2D eigenvalue weighted by atomic mass is 32.2. The van der Waals surface area contributed by atoms with E-state index in [0.717, 1.165) is 18.6 Å². The molecule has 0 bridgehead atoms. The summed E-state index contributed by atoms with van der Waals surface area (Å²) >= 11 is 0. The van der Waals surface area contributed by atoms with Gasteiger partial charge in [0.05, 0.1) is 29.4 Å². The Kier molecular flexibility index (Phi) is 7.96. The number of carbonyl (C=O) groups is 1. The van der Waals surface area contributed by atoms with Crippen molar-refractivity contribution in [2.75, 3.05) is 13.1 Å². The number of nitrogens with one attached hydrogen (secondary N) is 1. The maximum absolute atomic E-state index is 12.6. The molecule has 3 rings (SSSR count). The van der Waals surface area contributed by atoms with E-state index in [2.05, 4.69) is 21.3 Å². The number of amidine groups is 1. The average Bonchev–Trinajstić information content (AvgIpc) is 2.76. The molecular formula is C21H25F3N6O3S. The molecule has 34 heavy (non-hydrogen) atoms. The second-order valence-corrected chi connectivity index (χ2v) is 9.68. The number of benzene rings is 1. The molecule has 1 aliphatic heterocycles. The molecule has 1 aromatic carbocycles. The van der Waals surface area contributed by atoms with E-state index in [1.165, 1.54) is 18.3 Å². The van der Waals surface area contributed by atoms with Gasteiger partial charge in [0.2, 0.25) is 0 Å². The number of likely N-dealkylation sites (tertiary alicyclic amines) is 1. The zero-order valence-electron chi connectivity index (χ0n) is 18.0. The number of hydrogen-bond acceptors (Lipinski definition) is 7. The molecule has 1 saturated carbocycles. The average molecular weight is 499 g/mol. The van der Waals surface area contributed by atoms with Crippen molar-refractivity contribution in [3.8, 4) is 6.07 Å². The second-order valence-electron chi connectivity index (χ2n) is 8.21. The molecule has 0 aromatic heterocycles. The monoisotopic (exact) mass is 498 g/mol. The highest BCUT2D eigenvalue weighted by Crippen LogP contribution is 2.31. The van der Waals surface area contributed by atoms with Crippen molar-refractivity contribution in [1.29, 1.82) is 5.26 Å². The molecule has 1 saturated heterocycles. The van der Waals surface area contributed by atoms with Crippen LogP contribution in [0.2, 0.25) is 0 Å². The Labute approximate surface area is 196 Å². The summed E-state index contributed by atoms with van der Waals surface area (Å²) in [6, 6.07) is 6.65. The minimum Gasteiger partial charge on any atom is -0.390 e. The number of aliphatic imine (C=N–C) groups is 1. The van der Waals surface area contributed by atoms with E-state index in [1.54, 1.807) is 0 Å². The zero-order valence-corrected chi connectivity index (χ0v) is 18.9. The number of alkyl halides is 3. The SMILES string of the molecule is N#CC1C[C@H](N2CC(O)C2)CC[C@@H]1N/C=C(/C(N)=O)C(N)=Nc1ccc(S(=O)C(F)(F)F)cc1. The summed E-state index contributed by atoms with van der Waals surface area (Å²) in [6.07, 6.45) is 3.08. The number of rotatable bonds is 7. The van der Waals surface area contributed by atoms with Crippen LogP contribution in [-0.2, 0) is 15.6 Å². The van der Waals surface area contributed by atoms with Crippen LogP contribution in [-0.4, -0.2) is 62.7 Å². The van der Waals surface area contributed by atoms with Gasteiger partial charge in [-0.1, -0.05) is 0 Å². The predicted molar refractivity (Wildman–Crippen MR) is 119 cm³/mol. The van der Waals surface area contributed by atoms with E-state index in [9.17, 15) is 32.5 Å². The van der Waals surface area contributed by atoms with Gasteiger partial charge in [-0.05, 0) is 43.5 Å². The van der Waals surface area contributed by atoms with Gasteiger partial charge in [0.1, 0.15) is 5.84 Å². The summed E-state index contributed by atoms with van der Waals surface area (Å²) in [5.74, 6) is -1.47. The van der Waals surface area contributed by atoms with Crippen LogP contribution in [0.15, 0.2) is 45.9 Å². The van der Waals surface area contributed by atoms with Gasteiger partial charge in [-0.2, -0.15) is 18.4 Å². The van der Waals surface area contributed by atoms with Gasteiger partial charge in [-0.15, -0.1) is 0 Å². The van der Waals surface area contributed by atoms with Gasteiger partial charge in [0.15, 0.2) is 10.8 Å². The number of primary amides is 1. The second kappa shape index (κ2) is 10.5. The van der Waals surface area contributed by atoms with Gasteiger partial charge in [-0.25, -0.2) is 9.20 Å². The Morgan fingerprint density at radius 2 is 1.91 bits per heavy atom. The molecule has 6 N–H and O–H groups in total. The molecule has 0 spiro atoms. The van der Waals surface area contributed by atoms with Crippen LogP contribution in [0.1, 0.15) is 19.3 Å². The van der Waals surface area contributed by atoms with Crippen molar-refractivity contribution < 1.29 is 27.3 Å². The Morgan fingerprint density at radius 3 is 2.44 bits per heavy atom. The molecule has 4 atom stereocenters. The van der Waals surface area contributed by atoms with Crippen molar-refractivity contribution >= 4 is 28.2 Å². The summed E-state index contributed by atoms with van der Waals surface area (Å²) in [6.45, 7) is 1.21. The molecule has 9 nitrogen and oxygen atoms in total. The van der Waals surface area contributed by atoms with E-state index in [0.29, 0.717) is 25.9 Å². The Hall–Kier alpha value is -2.95. The number of halogens is 3. The normalized spacial score (nSPS) is 25.8. The first-order valence-electron chi connectivity index (χ1n) is 10.5. The molecule has 2 aliphatic rings. The van der Waals surface area contributed by atoms with E-state index in [1.807, 2.05) is 0 Å².